The van der Waals surface area contributed by atoms with E-state index in [4.69, 9.17) is 11.6 Å². The van der Waals surface area contributed by atoms with Crippen molar-refractivity contribution in [2.24, 2.45) is 0 Å². The monoisotopic (exact) mass is 293 g/mol. The Morgan fingerprint density at radius 3 is 2.21 bits per heavy atom. The number of halogens is 4. The second-order valence-corrected chi connectivity index (χ2v) is 4.49. The lowest BCUT2D eigenvalue weighted by atomic mass is 10.1. The van der Waals surface area contributed by atoms with Gasteiger partial charge in [-0.2, -0.15) is 0 Å². The predicted molar refractivity (Wildman–Crippen MR) is 67.8 cm³/mol. The van der Waals surface area contributed by atoms with Crippen molar-refractivity contribution in [3.8, 4) is 0 Å². The number of benzene rings is 1. The zero-order valence-corrected chi connectivity index (χ0v) is 11.1. The third-order valence-corrected chi connectivity index (χ3v) is 2.86. The van der Waals surface area contributed by atoms with Crippen LogP contribution in [-0.2, 0) is 0 Å². The summed E-state index contributed by atoms with van der Waals surface area (Å²) < 4.78 is 38.5. The van der Waals surface area contributed by atoms with Crippen LogP contribution in [-0.4, -0.2) is 18.3 Å². The van der Waals surface area contributed by atoms with Crippen LogP contribution in [0.5, 0.6) is 0 Å². The highest BCUT2D eigenvalue weighted by Gasteiger charge is 2.14. The summed E-state index contributed by atoms with van der Waals surface area (Å²) in [4.78, 5) is 11.6. The second-order valence-electron chi connectivity index (χ2n) is 4.11. The summed E-state index contributed by atoms with van der Waals surface area (Å²) in [6, 6.07) is 1.36. The highest BCUT2D eigenvalue weighted by Crippen LogP contribution is 2.13. The molecule has 1 amide bonds. The van der Waals surface area contributed by atoms with Crippen molar-refractivity contribution in [2.45, 2.75) is 25.7 Å². The molecular formula is C13H15ClF3NO. The van der Waals surface area contributed by atoms with E-state index in [0.717, 1.165) is 25.7 Å². The molecule has 0 aliphatic heterocycles. The zero-order valence-electron chi connectivity index (χ0n) is 10.3. The van der Waals surface area contributed by atoms with Crippen molar-refractivity contribution in [1.82, 2.24) is 5.32 Å². The second kappa shape index (κ2) is 8.04. The lowest BCUT2D eigenvalue weighted by molar-refractivity contribution is 0.0951. The molecule has 1 aromatic rings. The molecule has 0 saturated carbocycles. The minimum Gasteiger partial charge on any atom is -0.352 e. The van der Waals surface area contributed by atoms with Crippen LogP contribution in [0.4, 0.5) is 13.2 Å². The van der Waals surface area contributed by atoms with E-state index in [1.807, 2.05) is 0 Å². The number of amides is 1. The molecule has 6 heteroatoms. The van der Waals surface area contributed by atoms with E-state index in [-0.39, 0.29) is 5.56 Å². The van der Waals surface area contributed by atoms with Crippen LogP contribution in [0.3, 0.4) is 0 Å². The van der Waals surface area contributed by atoms with Gasteiger partial charge in [-0.25, -0.2) is 13.2 Å². The summed E-state index contributed by atoms with van der Waals surface area (Å²) in [6.07, 6.45) is 3.57. The van der Waals surface area contributed by atoms with Gasteiger partial charge in [0.05, 0.1) is 0 Å². The van der Waals surface area contributed by atoms with E-state index in [1.165, 1.54) is 0 Å². The Balaban J connectivity index is 2.42. The van der Waals surface area contributed by atoms with Crippen LogP contribution in [0.1, 0.15) is 36.0 Å². The maximum atomic E-state index is 12.9. The Kier molecular flexibility index (Phi) is 6.70. The van der Waals surface area contributed by atoms with Gasteiger partial charge in [0.15, 0.2) is 17.5 Å². The van der Waals surface area contributed by atoms with Crippen molar-refractivity contribution in [2.75, 3.05) is 12.4 Å². The van der Waals surface area contributed by atoms with E-state index < -0.39 is 23.4 Å². The molecule has 0 aromatic heterocycles. The fourth-order valence-electron chi connectivity index (χ4n) is 1.56. The summed E-state index contributed by atoms with van der Waals surface area (Å²) in [5.74, 6) is -4.31. The molecule has 0 bridgehead atoms. The van der Waals surface area contributed by atoms with Gasteiger partial charge in [0.2, 0.25) is 0 Å². The fourth-order valence-corrected chi connectivity index (χ4v) is 1.75. The smallest absolute Gasteiger partial charge is 0.251 e. The molecule has 1 rings (SSSR count). The number of hydrogen-bond donors (Lipinski definition) is 1. The standard InChI is InChI=1S/C13H15ClF3NO/c14-5-3-1-2-4-6-18-13(19)9-7-10(15)12(17)11(16)8-9/h7-8H,1-6H2,(H,18,19). The quantitative estimate of drug-likeness (QED) is 0.464. The van der Waals surface area contributed by atoms with Gasteiger partial charge in [-0.05, 0) is 25.0 Å². The Morgan fingerprint density at radius 2 is 1.63 bits per heavy atom. The summed E-state index contributed by atoms with van der Waals surface area (Å²) in [7, 11) is 0. The first-order chi connectivity index (χ1) is 9.06. The molecule has 0 unspecified atom stereocenters. The molecule has 0 aliphatic carbocycles. The third kappa shape index (κ3) is 5.11. The molecule has 0 aliphatic rings. The van der Waals surface area contributed by atoms with Gasteiger partial charge in [-0.3, -0.25) is 4.79 Å². The van der Waals surface area contributed by atoms with Gasteiger partial charge in [0.1, 0.15) is 0 Å². The molecule has 1 aromatic carbocycles. The molecule has 0 fully saturated rings. The highest BCUT2D eigenvalue weighted by atomic mass is 35.5. The molecule has 0 spiro atoms. The SMILES string of the molecule is O=C(NCCCCCCCl)c1cc(F)c(F)c(F)c1. The number of carbonyl (C=O) groups is 1. The molecule has 0 atom stereocenters. The lowest BCUT2D eigenvalue weighted by Gasteiger charge is -2.06. The first-order valence-corrected chi connectivity index (χ1v) is 6.58. The van der Waals surface area contributed by atoms with Gasteiger partial charge in [-0.1, -0.05) is 12.8 Å². The van der Waals surface area contributed by atoms with E-state index in [0.29, 0.717) is 24.6 Å². The third-order valence-electron chi connectivity index (χ3n) is 2.59. The fraction of sp³-hybridized carbons (Fsp3) is 0.462. The summed E-state index contributed by atoms with van der Waals surface area (Å²) in [5.41, 5.74) is -0.225. The lowest BCUT2D eigenvalue weighted by Crippen LogP contribution is -2.24. The van der Waals surface area contributed by atoms with Crippen molar-refractivity contribution >= 4 is 17.5 Å². The maximum Gasteiger partial charge on any atom is 0.251 e. The Bertz CT molecular complexity index is 417. The number of carbonyl (C=O) groups excluding carboxylic acids is 1. The van der Waals surface area contributed by atoms with E-state index in [9.17, 15) is 18.0 Å². The van der Waals surface area contributed by atoms with Gasteiger partial charge in [-0.15, -0.1) is 11.6 Å². The molecule has 19 heavy (non-hydrogen) atoms. The first-order valence-electron chi connectivity index (χ1n) is 6.05. The minimum atomic E-state index is -1.57. The van der Waals surface area contributed by atoms with E-state index in [1.54, 1.807) is 0 Å². The van der Waals surface area contributed by atoms with Crippen LogP contribution in [0, 0.1) is 17.5 Å². The van der Waals surface area contributed by atoms with Crippen molar-refractivity contribution in [1.29, 1.82) is 0 Å². The summed E-state index contributed by atoms with van der Waals surface area (Å²) in [6.45, 7) is 0.404. The summed E-state index contributed by atoms with van der Waals surface area (Å²) >= 11 is 5.52. The van der Waals surface area contributed by atoms with Gasteiger partial charge in [0.25, 0.3) is 5.91 Å². The number of unbranched alkanes of at least 4 members (excludes halogenated alkanes) is 3. The molecule has 2 nitrogen and oxygen atoms in total. The Labute approximate surface area is 114 Å². The van der Waals surface area contributed by atoms with Gasteiger partial charge < -0.3 is 5.32 Å². The zero-order chi connectivity index (χ0) is 14.3. The number of hydrogen-bond acceptors (Lipinski definition) is 1. The van der Waals surface area contributed by atoms with Crippen LogP contribution in [0.15, 0.2) is 12.1 Å². The van der Waals surface area contributed by atoms with Crippen LogP contribution < -0.4 is 5.32 Å². The van der Waals surface area contributed by atoms with Crippen molar-refractivity contribution in [3.05, 3.63) is 35.1 Å². The average molecular weight is 294 g/mol. The van der Waals surface area contributed by atoms with Crippen molar-refractivity contribution < 1.29 is 18.0 Å². The highest BCUT2D eigenvalue weighted by molar-refractivity contribution is 6.17. The average Bonchev–Trinajstić information content (AvgIpc) is 2.39. The molecule has 0 saturated heterocycles. The molecular weight excluding hydrogens is 279 g/mol. The predicted octanol–water partition coefficient (Wildman–Crippen LogP) is 3.63. The summed E-state index contributed by atoms with van der Waals surface area (Å²) in [5, 5.41) is 2.52. The van der Waals surface area contributed by atoms with Crippen LogP contribution in [0.2, 0.25) is 0 Å². The van der Waals surface area contributed by atoms with Crippen molar-refractivity contribution in [3.63, 3.8) is 0 Å². The van der Waals surface area contributed by atoms with E-state index >= 15 is 0 Å². The van der Waals surface area contributed by atoms with Gasteiger partial charge >= 0.3 is 0 Å². The first kappa shape index (κ1) is 15.8. The Morgan fingerprint density at radius 1 is 1.05 bits per heavy atom. The molecule has 1 N–H and O–H groups in total. The number of alkyl halides is 1. The van der Waals surface area contributed by atoms with E-state index in [2.05, 4.69) is 5.32 Å². The van der Waals surface area contributed by atoms with Crippen LogP contribution >= 0.6 is 11.6 Å². The van der Waals surface area contributed by atoms with Crippen LogP contribution in [0.25, 0.3) is 0 Å². The number of rotatable bonds is 7. The maximum absolute atomic E-state index is 12.9. The molecule has 0 radical (unpaired) electrons. The Hall–Kier alpha value is -1.23. The minimum absolute atomic E-state index is 0.225. The largest absolute Gasteiger partial charge is 0.352 e. The number of nitrogens with one attached hydrogen (secondary N) is 1. The normalized spacial score (nSPS) is 10.5. The topological polar surface area (TPSA) is 29.1 Å². The molecule has 106 valence electrons. The van der Waals surface area contributed by atoms with Gasteiger partial charge in [0, 0.05) is 18.0 Å². The molecule has 0 heterocycles.